The molecule has 0 aliphatic heterocycles. The maximum atomic E-state index is 10.2. The van der Waals surface area contributed by atoms with Crippen molar-refractivity contribution in [3.05, 3.63) is 24.2 Å². The predicted molar refractivity (Wildman–Crippen MR) is 28.9 cm³/mol. The molecule has 0 N–H and O–H groups in total. The summed E-state index contributed by atoms with van der Waals surface area (Å²) >= 11 is 5.01. The molecule has 0 radical (unpaired) electrons. The summed E-state index contributed by atoms with van der Waals surface area (Å²) in [5.41, 5.74) is 0. The normalized spacial score (nSPS) is 8.11. The fourth-order valence-electron chi connectivity index (χ4n) is 0.390. The second-order valence-electron chi connectivity index (χ2n) is 1.25. The Morgan fingerprint density at radius 1 is 1.67 bits per heavy atom. The minimum atomic E-state index is -0.560. The Hall–Kier alpha value is 0.500. The van der Waals surface area contributed by atoms with Crippen LogP contribution >= 0.6 is 11.6 Å². The number of halogens is 1. The molecule has 2 nitrogen and oxygen atoms in total. The quantitative estimate of drug-likeness (QED) is 0.600. The fraction of sp³-hybridized carbons (Fsp3) is 0. The van der Waals surface area contributed by atoms with Crippen LogP contribution in [0.2, 0.25) is 0 Å². The minimum Gasteiger partial charge on any atom is -0.460 e. The molecular weight excluding hydrogens is 167 g/mol. The molecule has 0 amide bonds. The third-order valence-electron chi connectivity index (χ3n) is 0.715. The number of hydrogen-bond donors (Lipinski definition) is 0. The van der Waals surface area contributed by atoms with E-state index in [1.807, 2.05) is 0 Å². The Morgan fingerprint density at radius 2 is 2.33 bits per heavy atom. The Labute approximate surface area is 87.2 Å². The van der Waals surface area contributed by atoms with Crippen molar-refractivity contribution in [3.8, 4) is 0 Å². The first-order chi connectivity index (χ1) is 3.80. The van der Waals surface area contributed by atoms with E-state index in [1.54, 1.807) is 6.07 Å². The third kappa shape index (κ3) is 2.72. The molecule has 0 aromatic carbocycles. The SMILES string of the molecule is O=C(Cl)c1ccco1.[Ar]. The van der Waals surface area contributed by atoms with Crippen LogP contribution in [-0.4, -0.2) is 5.24 Å². The van der Waals surface area contributed by atoms with E-state index in [1.165, 1.54) is 12.3 Å². The molecule has 0 atom stereocenters. The topological polar surface area (TPSA) is 30.2 Å². The molecule has 9 heavy (non-hydrogen) atoms. The largest absolute Gasteiger partial charge is 0.460 e. The van der Waals surface area contributed by atoms with Crippen molar-refractivity contribution in [1.82, 2.24) is 0 Å². The Morgan fingerprint density at radius 3 is 2.56 bits per heavy atom. The van der Waals surface area contributed by atoms with E-state index < -0.39 is 5.24 Å². The Kier molecular flexibility index (Phi) is 4.58. The molecule has 0 aliphatic carbocycles. The molecule has 0 fully saturated rings. The van der Waals surface area contributed by atoms with Crippen LogP contribution in [0.3, 0.4) is 0 Å². The van der Waals surface area contributed by atoms with Crippen LogP contribution in [0.4, 0.5) is 0 Å². The van der Waals surface area contributed by atoms with Gasteiger partial charge in [-0.2, -0.15) is 0 Å². The maximum Gasteiger partial charge on any atom is 0.287 e. The van der Waals surface area contributed by atoms with Gasteiger partial charge in [0.15, 0.2) is 5.76 Å². The van der Waals surface area contributed by atoms with Crippen molar-refractivity contribution in [2.45, 2.75) is 0 Å². The van der Waals surface area contributed by atoms with Gasteiger partial charge in [0.2, 0.25) is 0 Å². The second-order valence-corrected chi connectivity index (χ2v) is 1.59. The molecule has 0 spiro atoms. The zero-order valence-electron chi connectivity index (χ0n) is 4.28. The van der Waals surface area contributed by atoms with Crippen LogP contribution in [0, 0.1) is 37.7 Å². The van der Waals surface area contributed by atoms with Gasteiger partial charge in [-0.25, -0.2) is 0 Å². The van der Waals surface area contributed by atoms with Crippen molar-refractivity contribution in [2.75, 3.05) is 0 Å². The first-order valence-corrected chi connectivity index (χ1v) is 2.42. The molecule has 1 heterocycles. The summed E-state index contributed by atoms with van der Waals surface area (Å²) in [6, 6.07) is 3.12. The van der Waals surface area contributed by atoms with Crippen LogP contribution in [0.1, 0.15) is 10.6 Å². The first kappa shape index (κ1) is 9.50. The number of rotatable bonds is 1. The molecule has 50 valence electrons. The van der Waals surface area contributed by atoms with Crippen LogP contribution < -0.4 is 0 Å². The molecule has 1 aromatic rings. The summed E-state index contributed by atoms with van der Waals surface area (Å²) in [6.45, 7) is 0. The van der Waals surface area contributed by atoms with Gasteiger partial charge in [-0.05, 0) is 23.7 Å². The first-order valence-electron chi connectivity index (χ1n) is 2.04. The van der Waals surface area contributed by atoms with E-state index in [9.17, 15) is 4.79 Å². The van der Waals surface area contributed by atoms with Gasteiger partial charge in [0.1, 0.15) is 0 Å². The summed E-state index contributed by atoms with van der Waals surface area (Å²) in [6.07, 6.45) is 1.40. The van der Waals surface area contributed by atoms with E-state index >= 15 is 0 Å². The summed E-state index contributed by atoms with van der Waals surface area (Å²) in [4.78, 5) is 10.2. The van der Waals surface area contributed by atoms with Crippen molar-refractivity contribution in [1.29, 1.82) is 0 Å². The van der Waals surface area contributed by atoms with Gasteiger partial charge in [-0.15, -0.1) is 0 Å². The maximum absolute atomic E-state index is 10.2. The van der Waals surface area contributed by atoms with E-state index in [-0.39, 0.29) is 43.5 Å². The van der Waals surface area contributed by atoms with Crippen molar-refractivity contribution >= 4 is 16.8 Å². The van der Waals surface area contributed by atoms with Crippen LogP contribution in [0.15, 0.2) is 22.8 Å². The predicted octanol–water partition coefficient (Wildman–Crippen LogP) is 1.66. The summed E-state index contributed by atoms with van der Waals surface area (Å²) < 4.78 is 4.61. The smallest absolute Gasteiger partial charge is 0.287 e. The van der Waals surface area contributed by atoms with Gasteiger partial charge in [-0.3, -0.25) is 4.79 Å². The average molecular weight is 170 g/mol. The molecular formula is C5H3ArClO2. The van der Waals surface area contributed by atoms with Gasteiger partial charge in [0, 0.05) is 37.7 Å². The number of hydrogen-bond acceptors (Lipinski definition) is 2. The zero-order valence-corrected chi connectivity index (χ0v) is 5.74. The van der Waals surface area contributed by atoms with Crippen molar-refractivity contribution in [3.63, 3.8) is 0 Å². The Balaban J connectivity index is 0.000000640. The zero-order chi connectivity index (χ0) is 5.98. The molecule has 0 aliphatic rings. The minimum absolute atomic E-state index is 0. The van der Waals surface area contributed by atoms with Crippen molar-refractivity contribution in [2.24, 2.45) is 0 Å². The summed E-state index contributed by atoms with van der Waals surface area (Å²) in [7, 11) is 0. The van der Waals surface area contributed by atoms with Gasteiger partial charge in [0.25, 0.3) is 5.24 Å². The fourth-order valence-corrected chi connectivity index (χ4v) is 0.498. The second kappa shape index (κ2) is 4.34. The third-order valence-corrected chi connectivity index (χ3v) is 0.901. The number of furan rings is 1. The van der Waals surface area contributed by atoms with Gasteiger partial charge in [-0.1, -0.05) is 0 Å². The monoisotopic (exact) mass is 170 g/mol. The molecule has 1 rings (SSSR count). The summed E-state index contributed by atoms with van der Waals surface area (Å²) in [5, 5.41) is -0.560. The standard InChI is InChI=1S/C5H3ClO2.Ar/c6-5(7)4-2-1-3-8-4;/h1-3H;. The molecule has 0 saturated carbocycles. The van der Waals surface area contributed by atoms with E-state index in [0.717, 1.165) is 0 Å². The van der Waals surface area contributed by atoms with E-state index in [2.05, 4.69) is 4.42 Å². The molecule has 1 aromatic heterocycles. The average Bonchev–Trinajstić information content (AvgIpc) is 2.12. The molecule has 4 heteroatoms. The Bertz CT molecular complexity index is 183. The molecule has 0 bridgehead atoms. The van der Waals surface area contributed by atoms with E-state index in [0.29, 0.717) is 0 Å². The van der Waals surface area contributed by atoms with Crippen LogP contribution in [0.5, 0.6) is 0 Å². The van der Waals surface area contributed by atoms with Gasteiger partial charge < -0.3 is 4.42 Å². The molecule has 0 unspecified atom stereocenters. The summed E-state index contributed by atoms with van der Waals surface area (Å²) in [5.74, 6) is 0.187. The van der Waals surface area contributed by atoms with Gasteiger partial charge in [0.05, 0.1) is 6.26 Å². The van der Waals surface area contributed by atoms with Crippen LogP contribution in [0.25, 0.3) is 0 Å². The van der Waals surface area contributed by atoms with Crippen LogP contribution in [-0.2, 0) is 0 Å². The van der Waals surface area contributed by atoms with Crippen molar-refractivity contribution < 1.29 is 46.9 Å². The number of carbonyl (C=O) groups is 1. The van der Waals surface area contributed by atoms with E-state index in [4.69, 9.17) is 11.6 Å². The molecule has 0 saturated heterocycles. The van der Waals surface area contributed by atoms with Gasteiger partial charge >= 0.3 is 0 Å². The number of carbonyl (C=O) groups excluding carboxylic acids is 1.